The van der Waals surface area contributed by atoms with Crippen molar-refractivity contribution < 1.29 is 28.6 Å². The number of methoxy groups -OCH3 is 1. The Morgan fingerprint density at radius 2 is 2.19 bits per heavy atom. The van der Waals surface area contributed by atoms with Crippen molar-refractivity contribution in [3.05, 3.63) is 29.8 Å². The van der Waals surface area contributed by atoms with Crippen LogP contribution in [0.3, 0.4) is 0 Å². The van der Waals surface area contributed by atoms with Crippen LogP contribution in [-0.2, 0) is 14.3 Å². The van der Waals surface area contributed by atoms with Gasteiger partial charge in [-0.25, -0.2) is 9.59 Å². The van der Waals surface area contributed by atoms with Crippen LogP contribution in [0.25, 0.3) is 6.08 Å². The van der Waals surface area contributed by atoms with Gasteiger partial charge in [0.15, 0.2) is 24.2 Å². The van der Waals surface area contributed by atoms with Gasteiger partial charge in [-0.2, -0.15) is 5.26 Å². The second kappa shape index (κ2) is 9.24. The first kappa shape index (κ1) is 19.8. The topological polar surface area (TPSA) is 118 Å². The van der Waals surface area contributed by atoms with Gasteiger partial charge >= 0.3 is 12.0 Å². The molecule has 1 aromatic rings. The summed E-state index contributed by atoms with van der Waals surface area (Å²) in [5.74, 6) is -0.488. The Bertz CT molecular complexity index is 799. The maximum Gasteiger partial charge on any atom is 0.331 e. The lowest BCUT2D eigenvalue weighted by Gasteiger charge is -2.17. The van der Waals surface area contributed by atoms with Crippen molar-refractivity contribution in [2.24, 2.45) is 0 Å². The summed E-state index contributed by atoms with van der Waals surface area (Å²) in [5, 5.41) is 11.1. The van der Waals surface area contributed by atoms with E-state index in [2.05, 4.69) is 5.32 Å². The number of urea groups is 1. The Morgan fingerprint density at radius 3 is 2.81 bits per heavy atom. The molecular weight excluding hydrogens is 354 g/mol. The van der Waals surface area contributed by atoms with Gasteiger partial charge in [-0.3, -0.25) is 9.69 Å². The van der Waals surface area contributed by atoms with Gasteiger partial charge in [0.1, 0.15) is 6.07 Å². The molecule has 0 aromatic heterocycles. The van der Waals surface area contributed by atoms with E-state index in [0.717, 1.165) is 4.90 Å². The van der Waals surface area contributed by atoms with E-state index >= 15 is 0 Å². The van der Waals surface area contributed by atoms with Crippen LogP contribution in [0.5, 0.6) is 11.5 Å². The normalized spacial score (nSPS) is 14.4. The highest BCUT2D eigenvalue weighted by Crippen LogP contribution is 2.28. The first-order valence-electron chi connectivity index (χ1n) is 8.12. The van der Waals surface area contributed by atoms with E-state index < -0.39 is 24.0 Å². The van der Waals surface area contributed by atoms with E-state index in [0.29, 0.717) is 23.6 Å². The Morgan fingerprint density at radius 1 is 1.41 bits per heavy atom. The summed E-state index contributed by atoms with van der Waals surface area (Å²) in [6, 6.07) is 6.27. The number of hydrogen-bond donors (Lipinski definition) is 1. The van der Waals surface area contributed by atoms with Gasteiger partial charge in [0.2, 0.25) is 0 Å². The highest BCUT2D eigenvalue weighted by atomic mass is 16.5. The van der Waals surface area contributed by atoms with Gasteiger partial charge in [0.25, 0.3) is 5.91 Å². The molecule has 3 amide bonds. The summed E-state index contributed by atoms with van der Waals surface area (Å²) < 4.78 is 15.4. The Balaban J connectivity index is 1.96. The fourth-order valence-corrected chi connectivity index (χ4v) is 2.35. The van der Waals surface area contributed by atoms with Crippen LogP contribution in [-0.4, -0.2) is 55.7 Å². The molecule has 9 nitrogen and oxygen atoms in total. The molecule has 0 spiro atoms. The number of nitriles is 1. The van der Waals surface area contributed by atoms with Crippen molar-refractivity contribution in [2.45, 2.75) is 13.0 Å². The van der Waals surface area contributed by atoms with Gasteiger partial charge < -0.3 is 19.5 Å². The Hall–Kier alpha value is -3.54. The van der Waals surface area contributed by atoms with Crippen molar-refractivity contribution in [3.8, 4) is 17.6 Å². The number of nitrogens with one attached hydrogen (secondary N) is 1. The number of nitrogens with zero attached hydrogens (tertiary/aromatic N) is 2. The zero-order valence-corrected chi connectivity index (χ0v) is 14.9. The van der Waals surface area contributed by atoms with E-state index in [-0.39, 0.29) is 13.2 Å². The molecule has 9 heteroatoms. The molecule has 0 saturated carbocycles. The van der Waals surface area contributed by atoms with Crippen LogP contribution in [0.1, 0.15) is 12.5 Å². The number of esters is 1. The summed E-state index contributed by atoms with van der Waals surface area (Å²) in [7, 11) is 1.46. The van der Waals surface area contributed by atoms with Gasteiger partial charge in [0.05, 0.1) is 7.11 Å². The predicted octanol–water partition coefficient (Wildman–Crippen LogP) is 1.09. The van der Waals surface area contributed by atoms with Gasteiger partial charge in [0, 0.05) is 19.2 Å². The molecule has 1 saturated heterocycles. The van der Waals surface area contributed by atoms with E-state index in [1.807, 2.05) is 6.07 Å². The van der Waals surface area contributed by atoms with Crippen molar-refractivity contribution in [3.63, 3.8) is 0 Å². The highest BCUT2D eigenvalue weighted by molar-refractivity contribution is 5.99. The molecule has 1 atom stereocenters. The Kier molecular flexibility index (Phi) is 6.77. The molecule has 1 aromatic carbocycles. The quantitative estimate of drug-likeness (QED) is 0.561. The van der Waals surface area contributed by atoms with Gasteiger partial charge in [-0.05, 0) is 30.7 Å². The molecule has 27 heavy (non-hydrogen) atoms. The monoisotopic (exact) mass is 373 g/mol. The van der Waals surface area contributed by atoms with Crippen LogP contribution in [0.2, 0.25) is 0 Å². The van der Waals surface area contributed by atoms with Crippen LogP contribution >= 0.6 is 0 Å². The fourth-order valence-electron chi connectivity index (χ4n) is 2.35. The number of carbonyl (C=O) groups excluding carboxylic acids is 3. The van der Waals surface area contributed by atoms with Crippen LogP contribution in [0.15, 0.2) is 24.3 Å². The molecule has 2 rings (SSSR count). The van der Waals surface area contributed by atoms with E-state index in [1.54, 1.807) is 18.2 Å². The minimum Gasteiger partial charge on any atom is -0.493 e. The second-order valence-corrected chi connectivity index (χ2v) is 5.49. The summed E-state index contributed by atoms with van der Waals surface area (Å²) in [5.41, 5.74) is 0.631. The van der Waals surface area contributed by atoms with Crippen molar-refractivity contribution >= 4 is 24.0 Å². The highest BCUT2D eigenvalue weighted by Gasteiger charge is 2.31. The molecule has 0 unspecified atom stereocenters. The summed E-state index contributed by atoms with van der Waals surface area (Å²) in [6.45, 7) is 1.92. The molecule has 1 aliphatic rings. The van der Waals surface area contributed by atoms with Gasteiger partial charge in [-0.15, -0.1) is 0 Å². The number of benzene rings is 1. The zero-order chi connectivity index (χ0) is 19.8. The first-order valence-corrected chi connectivity index (χ1v) is 8.12. The van der Waals surface area contributed by atoms with E-state index in [1.165, 1.54) is 26.2 Å². The lowest BCUT2D eigenvalue weighted by Crippen LogP contribution is -2.41. The van der Waals surface area contributed by atoms with Crippen molar-refractivity contribution in [2.75, 3.05) is 26.8 Å². The third kappa shape index (κ3) is 5.22. The first-order chi connectivity index (χ1) is 13.0. The molecule has 1 aliphatic heterocycles. The molecule has 1 N–H and O–H groups in total. The number of rotatable bonds is 7. The molecule has 142 valence electrons. The number of imide groups is 1. The Labute approximate surface area is 156 Å². The lowest BCUT2D eigenvalue weighted by atomic mass is 10.2. The largest absolute Gasteiger partial charge is 0.493 e. The average molecular weight is 373 g/mol. The molecule has 1 fully saturated rings. The minimum absolute atomic E-state index is 0.112. The van der Waals surface area contributed by atoms with Crippen LogP contribution < -0.4 is 14.8 Å². The molecule has 1 heterocycles. The third-order valence-electron chi connectivity index (χ3n) is 3.66. The molecule has 0 aliphatic carbocycles. The minimum atomic E-state index is -1.08. The number of amides is 3. The predicted molar refractivity (Wildman–Crippen MR) is 93.8 cm³/mol. The summed E-state index contributed by atoms with van der Waals surface area (Å²) in [6.07, 6.45) is 1.57. The maximum absolute atomic E-state index is 12.1. The smallest absolute Gasteiger partial charge is 0.331 e. The lowest BCUT2D eigenvalue weighted by molar-refractivity contribution is -0.153. The van der Waals surface area contributed by atoms with Crippen LogP contribution in [0, 0.1) is 11.3 Å². The summed E-state index contributed by atoms with van der Waals surface area (Å²) in [4.78, 5) is 36.5. The average Bonchev–Trinajstić information content (AvgIpc) is 3.10. The van der Waals surface area contributed by atoms with E-state index in [4.69, 9.17) is 19.5 Å². The van der Waals surface area contributed by atoms with Crippen LogP contribution in [0.4, 0.5) is 4.79 Å². The molecule has 0 bridgehead atoms. The summed E-state index contributed by atoms with van der Waals surface area (Å²) >= 11 is 0. The zero-order valence-electron chi connectivity index (χ0n) is 14.9. The van der Waals surface area contributed by atoms with Gasteiger partial charge in [-0.1, -0.05) is 6.07 Å². The molecular formula is C18H19N3O6. The maximum atomic E-state index is 12.1. The van der Waals surface area contributed by atoms with E-state index in [9.17, 15) is 14.4 Å². The number of ether oxygens (including phenoxy) is 3. The third-order valence-corrected chi connectivity index (χ3v) is 3.66. The standard InChI is InChI=1S/C18H19N3O6/c1-12(17(23)21-9-8-20-18(21)24)27-16(22)6-4-13-3-5-14(26-10-7-19)15(11-13)25-2/h3-6,11-12H,8-10H2,1-2H3,(H,20,24)/b6-4+/t12-/m0/s1. The fraction of sp³-hybridized carbons (Fsp3) is 0.333. The second-order valence-electron chi connectivity index (χ2n) is 5.49. The van der Waals surface area contributed by atoms with Crippen molar-refractivity contribution in [1.29, 1.82) is 5.26 Å². The molecule has 0 radical (unpaired) electrons. The van der Waals surface area contributed by atoms with Crippen molar-refractivity contribution in [1.82, 2.24) is 10.2 Å². The number of hydrogen-bond acceptors (Lipinski definition) is 7. The SMILES string of the molecule is COc1cc(/C=C/C(=O)O[C@@H](C)C(=O)N2CCNC2=O)ccc1OCC#N. The number of carbonyl (C=O) groups is 3.